The third-order valence-corrected chi connectivity index (χ3v) is 3.00. The van der Waals surface area contributed by atoms with Crippen LogP contribution in [-0.2, 0) is 6.54 Å². The van der Waals surface area contributed by atoms with Gasteiger partial charge in [-0.15, -0.1) is 0 Å². The molecule has 0 unspecified atom stereocenters. The minimum atomic E-state index is -0.427. The molecule has 0 aliphatic carbocycles. The smallest absolute Gasteiger partial charge is 0.270 e. The van der Waals surface area contributed by atoms with Gasteiger partial charge in [0.15, 0.2) is 0 Å². The van der Waals surface area contributed by atoms with Crippen molar-refractivity contribution >= 4 is 22.9 Å². The lowest BCUT2D eigenvalue weighted by atomic mass is 10.2. The van der Waals surface area contributed by atoms with Crippen LogP contribution in [0, 0.1) is 10.1 Å². The Labute approximate surface area is 116 Å². The molecule has 0 radical (unpaired) electrons. The molecule has 0 aromatic heterocycles. The highest BCUT2D eigenvalue weighted by Crippen LogP contribution is 2.13. The zero-order chi connectivity index (χ0) is 13.7. The number of thiocarbonyl (C=S) groups is 1. The Morgan fingerprint density at radius 3 is 2.58 bits per heavy atom. The summed E-state index contributed by atoms with van der Waals surface area (Å²) in [5.74, 6) is 0. The van der Waals surface area contributed by atoms with Crippen molar-refractivity contribution in [3.8, 4) is 0 Å². The number of nitro benzene ring substituents is 1. The first-order valence-electron chi connectivity index (χ1n) is 5.73. The fraction of sp³-hybridized carbons (Fsp3) is 0.0714. The summed E-state index contributed by atoms with van der Waals surface area (Å²) in [7, 11) is 0. The highest BCUT2D eigenvalue weighted by molar-refractivity contribution is 7.80. The van der Waals surface area contributed by atoms with Crippen LogP contribution < -0.4 is 5.32 Å². The molecule has 2 rings (SSSR count). The molecule has 0 aliphatic rings. The summed E-state index contributed by atoms with van der Waals surface area (Å²) in [5.41, 5.74) is 1.80. The van der Waals surface area contributed by atoms with Gasteiger partial charge in [-0.05, 0) is 5.56 Å². The zero-order valence-corrected chi connectivity index (χ0v) is 10.9. The summed E-state index contributed by atoms with van der Waals surface area (Å²) in [6, 6.07) is 16.1. The second-order valence-corrected chi connectivity index (χ2v) is 4.38. The van der Waals surface area contributed by atoms with Crippen LogP contribution in [0.4, 0.5) is 5.69 Å². The van der Waals surface area contributed by atoms with Crippen molar-refractivity contribution in [2.24, 2.45) is 0 Å². The van der Waals surface area contributed by atoms with E-state index in [1.165, 1.54) is 12.1 Å². The fourth-order valence-corrected chi connectivity index (χ4v) is 1.84. The first kappa shape index (κ1) is 13.2. The first-order valence-corrected chi connectivity index (χ1v) is 6.14. The molecule has 2 aromatic rings. The van der Waals surface area contributed by atoms with E-state index in [4.69, 9.17) is 12.2 Å². The number of nitrogens with one attached hydrogen (secondary N) is 1. The molecule has 0 saturated heterocycles. The summed E-state index contributed by atoms with van der Waals surface area (Å²) in [4.78, 5) is 10.8. The van der Waals surface area contributed by atoms with Crippen molar-refractivity contribution < 1.29 is 4.92 Å². The van der Waals surface area contributed by atoms with E-state index in [0.29, 0.717) is 17.1 Å². The van der Waals surface area contributed by atoms with Gasteiger partial charge < -0.3 is 5.32 Å². The SMILES string of the molecule is O=[N+]([O-])c1cccc(C(=S)NCc2ccccc2)c1. The minimum absolute atomic E-state index is 0.0429. The van der Waals surface area contributed by atoms with Crippen LogP contribution in [0.1, 0.15) is 11.1 Å². The monoisotopic (exact) mass is 272 g/mol. The maximum absolute atomic E-state index is 10.7. The molecule has 0 heterocycles. The molecule has 1 N–H and O–H groups in total. The number of nitrogens with zero attached hydrogens (tertiary/aromatic N) is 1. The van der Waals surface area contributed by atoms with Crippen molar-refractivity contribution in [1.82, 2.24) is 5.32 Å². The molecule has 0 bridgehead atoms. The Hall–Kier alpha value is -2.27. The number of hydrogen-bond acceptors (Lipinski definition) is 3. The van der Waals surface area contributed by atoms with Gasteiger partial charge in [0.1, 0.15) is 4.99 Å². The Morgan fingerprint density at radius 2 is 1.89 bits per heavy atom. The predicted molar refractivity (Wildman–Crippen MR) is 78.1 cm³/mol. The lowest BCUT2D eigenvalue weighted by Gasteiger charge is -2.08. The highest BCUT2D eigenvalue weighted by atomic mass is 32.1. The quantitative estimate of drug-likeness (QED) is 0.528. The van der Waals surface area contributed by atoms with Crippen molar-refractivity contribution in [3.05, 3.63) is 75.8 Å². The molecule has 0 atom stereocenters. The Balaban J connectivity index is 2.04. The van der Waals surface area contributed by atoms with Gasteiger partial charge in [0.05, 0.1) is 4.92 Å². The highest BCUT2D eigenvalue weighted by Gasteiger charge is 2.08. The third-order valence-electron chi connectivity index (χ3n) is 2.62. The molecule has 0 saturated carbocycles. The second-order valence-electron chi connectivity index (χ2n) is 3.98. The van der Waals surface area contributed by atoms with Gasteiger partial charge in [0.25, 0.3) is 5.69 Å². The normalized spacial score (nSPS) is 9.89. The van der Waals surface area contributed by atoms with Gasteiger partial charge >= 0.3 is 0 Å². The number of non-ortho nitro benzene ring substituents is 1. The van der Waals surface area contributed by atoms with Crippen LogP contribution in [0.5, 0.6) is 0 Å². The molecule has 4 nitrogen and oxygen atoms in total. The van der Waals surface area contributed by atoms with Gasteiger partial charge in [-0.2, -0.15) is 0 Å². The van der Waals surface area contributed by atoms with Crippen LogP contribution in [0.2, 0.25) is 0 Å². The van der Waals surface area contributed by atoms with Crippen LogP contribution in [0.3, 0.4) is 0 Å². The topological polar surface area (TPSA) is 55.2 Å². The Bertz CT molecular complexity index is 599. The maximum atomic E-state index is 10.7. The summed E-state index contributed by atoms with van der Waals surface area (Å²) in [6.07, 6.45) is 0. The number of rotatable bonds is 4. The van der Waals surface area contributed by atoms with Gasteiger partial charge in [-0.3, -0.25) is 10.1 Å². The van der Waals surface area contributed by atoms with Crippen molar-refractivity contribution in [3.63, 3.8) is 0 Å². The molecule has 0 spiro atoms. The van der Waals surface area contributed by atoms with E-state index < -0.39 is 4.92 Å². The van der Waals surface area contributed by atoms with E-state index in [2.05, 4.69) is 5.32 Å². The molecule has 5 heteroatoms. The molecule has 2 aromatic carbocycles. The van der Waals surface area contributed by atoms with Crippen LogP contribution in [0.25, 0.3) is 0 Å². The fourth-order valence-electron chi connectivity index (χ4n) is 1.64. The lowest BCUT2D eigenvalue weighted by molar-refractivity contribution is -0.384. The van der Waals surface area contributed by atoms with Gasteiger partial charge in [-0.1, -0.05) is 54.7 Å². The van der Waals surface area contributed by atoms with E-state index in [1.54, 1.807) is 12.1 Å². The number of hydrogen-bond donors (Lipinski definition) is 1. The summed E-state index contributed by atoms with van der Waals surface area (Å²) in [5, 5.41) is 13.8. The van der Waals surface area contributed by atoms with Crippen molar-refractivity contribution in [2.75, 3.05) is 0 Å². The summed E-state index contributed by atoms with van der Waals surface area (Å²) < 4.78 is 0. The second kappa shape index (κ2) is 6.06. The first-order chi connectivity index (χ1) is 9.16. The summed E-state index contributed by atoms with van der Waals surface area (Å²) in [6.45, 7) is 0.600. The zero-order valence-electron chi connectivity index (χ0n) is 10.1. The average molecular weight is 272 g/mol. The number of nitro groups is 1. The molecular formula is C14H12N2O2S. The van der Waals surface area contributed by atoms with E-state index >= 15 is 0 Å². The van der Waals surface area contributed by atoms with Crippen LogP contribution >= 0.6 is 12.2 Å². The Morgan fingerprint density at radius 1 is 1.16 bits per heavy atom. The maximum Gasteiger partial charge on any atom is 0.270 e. The van der Waals surface area contributed by atoms with Gasteiger partial charge in [-0.25, -0.2) is 0 Å². The lowest BCUT2D eigenvalue weighted by Crippen LogP contribution is -2.21. The number of benzene rings is 2. The predicted octanol–water partition coefficient (Wildman–Crippen LogP) is 3.06. The molecule has 19 heavy (non-hydrogen) atoms. The van der Waals surface area contributed by atoms with E-state index in [0.717, 1.165) is 5.56 Å². The van der Waals surface area contributed by atoms with E-state index in [-0.39, 0.29) is 5.69 Å². The third kappa shape index (κ3) is 3.59. The van der Waals surface area contributed by atoms with Gasteiger partial charge in [0.2, 0.25) is 0 Å². The van der Waals surface area contributed by atoms with Crippen LogP contribution in [-0.4, -0.2) is 9.91 Å². The molecule has 96 valence electrons. The average Bonchev–Trinajstić information content (AvgIpc) is 2.46. The molecule has 0 fully saturated rings. The van der Waals surface area contributed by atoms with Crippen LogP contribution in [0.15, 0.2) is 54.6 Å². The van der Waals surface area contributed by atoms with Crippen molar-refractivity contribution in [2.45, 2.75) is 6.54 Å². The van der Waals surface area contributed by atoms with Gasteiger partial charge in [0, 0.05) is 24.2 Å². The largest absolute Gasteiger partial charge is 0.372 e. The summed E-state index contributed by atoms with van der Waals surface area (Å²) >= 11 is 5.23. The Kier molecular flexibility index (Phi) is 4.20. The van der Waals surface area contributed by atoms with E-state index in [9.17, 15) is 10.1 Å². The molecular weight excluding hydrogens is 260 g/mol. The molecule has 0 aliphatic heterocycles. The van der Waals surface area contributed by atoms with E-state index in [1.807, 2.05) is 30.3 Å². The molecule has 0 amide bonds. The minimum Gasteiger partial charge on any atom is -0.372 e. The van der Waals surface area contributed by atoms with Crippen molar-refractivity contribution in [1.29, 1.82) is 0 Å². The standard InChI is InChI=1S/C14H12N2O2S/c17-16(18)13-8-4-7-12(9-13)14(19)15-10-11-5-2-1-3-6-11/h1-9H,10H2,(H,15,19).